The van der Waals surface area contributed by atoms with Crippen LogP contribution >= 0.6 is 0 Å². The number of nitrogens with two attached hydrogens (primary N) is 1. The molecule has 0 saturated heterocycles. The number of hydrogen-bond donors (Lipinski definition) is 1. The average molecular weight is 188 g/mol. The van der Waals surface area contributed by atoms with Gasteiger partial charge >= 0.3 is 0 Å². The van der Waals surface area contributed by atoms with Gasteiger partial charge in [0.2, 0.25) is 0 Å². The molecular formula is C11H12N2O. The molecule has 1 aliphatic rings. The fourth-order valence-corrected chi connectivity index (χ4v) is 1.80. The first kappa shape index (κ1) is 9.04. The number of nitrogens with zero attached hydrogens (tertiary/aromatic N) is 1. The molecule has 0 aliphatic carbocycles. The topological polar surface area (TPSA) is 59.0 Å². The SMILES string of the molecule is N#CCC(N)c1cccc2c1CCO2. The third-order valence-corrected chi connectivity index (χ3v) is 2.49. The first-order valence-corrected chi connectivity index (χ1v) is 4.70. The largest absolute Gasteiger partial charge is 0.493 e. The van der Waals surface area contributed by atoms with E-state index in [2.05, 4.69) is 6.07 Å². The van der Waals surface area contributed by atoms with Crippen LogP contribution < -0.4 is 10.5 Å². The lowest BCUT2D eigenvalue weighted by Gasteiger charge is -2.11. The molecule has 1 aromatic carbocycles. The summed E-state index contributed by atoms with van der Waals surface area (Å²) in [5.74, 6) is 0.927. The molecule has 0 amide bonds. The van der Waals surface area contributed by atoms with E-state index in [4.69, 9.17) is 15.7 Å². The Morgan fingerprint density at radius 1 is 1.57 bits per heavy atom. The summed E-state index contributed by atoms with van der Waals surface area (Å²) in [6.07, 6.45) is 1.26. The quantitative estimate of drug-likeness (QED) is 0.765. The summed E-state index contributed by atoms with van der Waals surface area (Å²) in [6.45, 7) is 0.728. The molecule has 0 bridgehead atoms. The number of fused-ring (bicyclic) bond motifs is 1. The van der Waals surface area contributed by atoms with E-state index in [1.165, 1.54) is 5.56 Å². The van der Waals surface area contributed by atoms with Crippen molar-refractivity contribution < 1.29 is 4.74 Å². The summed E-state index contributed by atoms with van der Waals surface area (Å²) in [5.41, 5.74) is 8.13. The van der Waals surface area contributed by atoms with Crippen LogP contribution in [0, 0.1) is 11.3 Å². The van der Waals surface area contributed by atoms with Gasteiger partial charge < -0.3 is 10.5 Å². The van der Waals surface area contributed by atoms with Crippen molar-refractivity contribution in [2.75, 3.05) is 6.61 Å². The summed E-state index contributed by atoms with van der Waals surface area (Å²) in [6, 6.07) is 7.77. The molecule has 72 valence electrons. The van der Waals surface area contributed by atoms with Gasteiger partial charge in [0.05, 0.1) is 19.1 Å². The summed E-state index contributed by atoms with van der Waals surface area (Å²) in [4.78, 5) is 0. The van der Waals surface area contributed by atoms with Gasteiger partial charge in [-0.3, -0.25) is 0 Å². The van der Waals surface area contributed by atoms with Crippen LogP contribution in [0.5, 0.6) is 5.75 Å². The Kier molecular flexibility index (Phi) is 2.38. The van der Waals surface area contributed by atoms with Gasteiger partial charge in [0.1, 0.15) is 5.75 Å². The second kappa shape index (κ2) is 3.69. The van der Waals surface area contributed by atoms with E-state index >= 15 is 0 Å². The molecule has 3 heteroatoms. The van der Waals surface area contributed by atoms with Gasteiger partial charge in [-0.2, -0.15) is 5.26 Å². The molecule has 0 aromatic heterocycles. The third kappa shape index (κ3) is 1.45. The lowest BCUT2D eigenvalue weighted by atomic mass is 9.97. The zero-order valence-electron chi connectivity index (χ0n) is 7.86. The number of benzene rings is 1. The Bertz CT molecular complexity index is 381. The molecule has 3 nitrogen and oxygen atoms in total. The van der Waals surface area contributed by atoms with Gasteiger partial charge in [-0.25, -0.2) is 0 Å². The van der Waals surface area contributed by atoms with Gasteiger partial charge in [-0.05, 0) is 11.6 Å². The lowest BCUT2D eigenvalue weighted by Crippen LogP contribution is -2.11. The van der Waals surface area contributed by atoms with Gasteiger partial charge in [-0.15, -0.1) is 0 Å². The Labute approximate surface area is 83.1 Å². The molecule has 0 radical (unpaired) electrons. The Morgan fingerprint density at radius 3 is 3.21 bits per heavy atom. The average Bonchev–Trinajstić information content (AvgIpc) is 2.65. The molecule has 2 rings (SSSR count). The maximum absolute atomic E-state index is 8.59. The van der Waals surface area contributed by atoms with E-state index in [-0.39, 0.29) is 6.04 Å². The normalized spacial score (nSPS) is 15.4. The number of hydrogen-bond acceptors (Lipinski definition) is 3. The Morgan fingerprint density at radius 2 is 2.43 bits per heavy atom. The van der Waals surface area contributed by atoms with Crippen LogP contribution in [-0.2, 0) is 6.42 Å². The summed E-state index contributed by atoms with van der Waals surface area (Å²) < 4.78 is 5.43. The minimum Gasteiger partial charge on any atom is -0.493 e. The van der Waals surface area contributed by atoms with Crippen LogP contribution in [0.2, 0.25) is 0 Å². The standard InChI is InChI=1S/C11H12N2O/c12-6-4-10(13)8-2-1-3-11-9(8)5-7-14-11/h1-3,10H,4-5,7,13H2. The van der Waals surface area contributed by atoms with Crippen LogP contribution in [-0.4, -0.2) is 6.61 Å². The predicted octanol–water partition coefficient (Wildman–Crippen LogP) is 1.53. The molecule has 1 heterocycles. The zero-order chi connectivity index (χ0) is 9.97. The zero-order valence-corrected chi connectivity index (χ0v) is 7.86. The van der Waals surface area contributed by atoms with E-state index in [1.54, 1.807) is 0 Å². The highest BCUT2D eigenvalue weighted by Gasteiger charge is 2.18. The highest BCUT2D eigenvalue weighted by Crippen LogP contribution is 2.31. The smallest absolute Gasteiger partial charge is 0.122 e. The second-order valence-corrected chi connectivity index (χ2v) is 3.39. The molecule has 1 unspecified atom stereocenters. The fourth-order valence-electron chi connectivity index (χ4n) is 1.80. The lowest BCUT2D eigenvalue weighted by molar-refractivity contribution is 0.357. The second-order valence-electron chi connectivity index (χ2n) is 3.39. The molecule has 0 spiro atoms. The van der Waals surface area contributed by atoms with Gasteiger partial charge in [0, 0.05) is 18.0 Å². The van der Waals surface area contributed by atoms with Crippen molar-refractivity contribution in [1.29, 1.82) is 5.26 Å². The first-order chi connectivity index (χ1) is 6.83. The highest BCUT2D eigenvalue weighted by molar-refractivity contribution is 5.44. The first-order valence-electron chi connectivity index (χ1n) is 4.70. The molecule has 1 atom stereocenters. The van der Waals surface area contributed by atoms with Crippen molar-refractivity contribution in [2.24, 2.45) is 5.73 Å². The monoisotopic (exact) mass is 188 g/mol. The van der Waals surface area contributed by atoms with Gasteiger partial charge in [0.25, 0.3) is 0 Å². The van der Waals surface area contributed by atoms with Crippen LogP contribution in [0.1, 0.15) is 23.6 Å². The van der Waals surface area contributed by atoms with Crippen molar-refractivity contribution >= 4 is 0 Å². The van der Waals surface area contributed by atoms with Crippen molar-refractivity contribution in [3.05, 3.63) is 29.3 Å². The predicted molar refractivity (Wildman–Crippen MR) is 52.8 cm³/mol. The molecule has 0 saturated carbocycles. The van der Waals surface area contributed by atoms with Crippen molar-refractivity contribution in [3.63, 3.8) is 0 Å². The maximum atomic E-state index is 8.59. The number of ether oxygens (including phenoxy) is 1. The number of nitriles is 1. The van der Waals surface area contributed by atoms with Crippen LogP contribution in [0.4, 0.5) is 0 Å². The van der Waals surface area contributed by atoms with Crippen molar-refractivity contribution in [2.45, 2.75) is 18.9 Å². The molecule has 1 aromatic rings. The molecular weight excluding hydrogens is 176 g/mol. The summed E-state index contributed by atoms with van der Waals surface area (Å²) in [7, 11) is 0. The Hall–Kier alpha value is -1.53. The maximum Gasteiger partial charge on any atom is 0.122 e. The van der Waals surface area contributed by atoms with Crippen molar-refractivity contribution in [3.8, 4) is 11.8 Å². The molecule has 2 N–H and O–H groups in total. The highest BCUT2D eigenvalue weighted by atomic mass is 16.5. The fraction of sp³-hybridized carbons (Fsp3) is 0.364. The van der Waals surface area contributed by atoms with E-state index in [0.717, 1.165) is 24.3 Å². The van der Waals surface area contributed by atoms with Crippen molar-refractivity contribution in [1.82, 2.24) is 0 Å². The van der Waals surface area contributed by atoms with Crippen LogP contribution in [0.15, 0.2) is 18.2 Å². The van der Waals surface area contributed by atoms with E-state index < -0.39 is 0 Å². The Balaban J connectivity index is 2.35. The van der Waals surface area contributed by atoms with Crippen LogP contribution in [0.3, 0.4) is 0 Å². The molecule has 0 fully saturated rings. The summed E-state index contributed by atoms with van der Waals surface area (Å²) in [5, 5.41) is 8.59. The molecule has 14 heavy (non-hydrogen) atoms. The minimum absolute atomic E-state index is 0.184. The molecule has 1 aliphatic heterocycles. The van der Waals surface area contributed by atoms with E-state index in [0.29, 0.717) is 6.42 Å². The number of rotatable bonds is 2. The minimum atomic E-state index is -0.184. The third-order valence-electron chi connectivity index (χ3n) is 2.49. The van der Waals surface area contributed by atoms with Crippen LogP contribution in [0.25, 0.3) is 0 Å². The van der Waals surface area contributed by atoms with E-state index in [9.17, 15) is 0 Å². The summed E-state index contributed by atoms with van der Waals surface area (Å²) >= 11 is 0. The van der Waals surface area contributed by atoms with Gasteiger partial charge in [-0.1, -0.05) is 12.1 Å². The van der Waals surface area contributed by atoms with Gasteiger partial charge in [0.15, 0.2) is 0 Å². The van der Waals surface area contributed by atoms with E-state index in [1.807, 2.05) is 18.2 Å².